The van der Waals surface area contributed by atoms with E-state index in [1.807, 2.05) is 4.90 Å². The maximum absolute atomic E-state index is 11.3. The van der Waals surface area contributed by atoms with Crippen molar-refractivity contribution in [1.82, 2.24) is 4.90 Å². The summed E-state index contributed by atoms with van der Waals surface area (Å²) in [5, 5.41) is 0. The predicted octanol–water partition coefficient (Wildman–Crippen LogP) is -0.0957. The van der Waals surface area contributed by atoms with E-state index in [0.29, 0.717) is 13.1 Å². The molecule has 18 heavy (non-hydrogen) atoms. The standard InChI is InChI=1S/C12H22N2O4/c1-9(12(13)16)14(6-5-11(15)17-2)8-10-4-3-7-18-10/h9-10H,3-8H2,1-2H3,(H2,13,16). The summed E-state index contributed by atoms with van der Waals surface area (Å²) in [6.45, 7) is 3.59. The van der Waals surface area contributed by atoms with Gasteiger partial charge in [-0.1, -0.05) is 0 Å². The van der Waals surface area contributed by atoms with Crippen molar-refractivity contribution in [3.8, 4) is 0 Å². The molecule has 0 aromatic carbocycles. The topological polar surface area (TPSA) is 81.9 Å². The van der Waals surface area contributed by atoms with Crippen molar-refractivity contribution < 1.29 is 19.1 Å². The predicted molar refractivity (Wildman–Crippen MR) is 65.8 cm³/mol. The average Bonchev–Trinajstić information content (AvgIpc) is 2.85. The molecule has 1 amide bonds. The van der Waals surface area contributed by atoms with E-state index in [2.05, 4.69) is 4.74 Å². The Kier molecular flexibility index (Phi) is 6.07. The molecule has 0 spiro atoms. The molecule has 1 saturated heterocycles. The first-order chi connectivity index (χ1) is 8.54. The summed E-state index contributed by atoms with van der Waals surface area (Å²) in [7, 11) is 1.35. The van der Waals surface area contributed by atoms with Crippen molar-refractivity contribution >= 4 is 11.9 Å². The summed E-state index contributed by atoms with van der Waals surface area (Å²) in [4.78, 5) is 24.3. The van der Waals surface area contributed by atoms with Crippen molar-refractivity contribution in [3.05, 3.63) is 0 Å². The Morgan fingerprint density at radius 3 is 2.78 bits per heavy atom. The van der Waals surface area contributed by atoms with E-state index >= 15 is 0 Å². The highest BCUT2D eigenvalue weighted by molar-refractivity contribution is 5.79. The van der Waals surface area contributed by atoms with Gasteiger partial charge in [-0.15, -0.1) is 0 Å². The van der Waals surface area contributed by atoms with Gasteiger partial charge in [0.05, 0.1) is 25.7 Å². The van der Waals surface area contributed by atoms with E-state index < -0.39 is 11.9 Å². The van der Waals surface area contributed by atoms with E-state index in [4.69, 9.17) is 10.5 Å². The maximum atomic E-state index is 11.3. The molecule has 1 heterocycles. The molecule has 0 aromatic heterocycles. The molecule has 1 aliphatic rings. The first-order valence-electron chi connectivity index (χ1n) is 6.26. The number of carbonyl (C=O) groups excluding carboxylic acids is 2. The summed E-state index contributed by atoms with van der Waals surface area (Å²) in [5.41, 5.74) is 5.31. The minimum atomic E-state index is -0.404. The third kappa shape index (κ3) is 4.62. The molecule has 0 aliphatic carbocycles. The van der Waals surface area contributed by atoms with E-state index in [0.717, 1.165) is 19.4 Å². The highest BCUT2D eigenvalue weighted by Crippen LogP contribution is 2.15. The lowest BCUT2D eigenvalue weighted by molar-refractivity contribution is -0.141. The van der Waals surface area contributed by atoms with E-state index in [1.165, 1.54) is 7.11 Å². The maximum Gasteiger partial charge on any atom is 0.306 e. The highest BCUT2D eigenvalue weighted by Gasteiger charge is 2.25. The minimum Gasteiger partial charge on any atom is -0.469 e. The fourth-order valence-electron chi connectivity index (χ4n) is 2.01. The fourth-order valence-corrected chi connectivity index (χ4v) is 2.01. The Hall–Kier alpha value is -1.14. The zero-order valence-corrected chi connectivity index (χ0v) is 11.1. The molecule has 2 N–H and O–H groups in total. The zero-order chi connectivity index (χ0) is 13.5. The van der Waals surface area contributed by atoms with E-state index in [1.54, 1.807) is 6.92 Å². The average molecular weight is 258 g/mol. The first kappa shape index (κ1) is 14.9. The van der Waals surface area contributed by atoms with Gasteiger partial charge in [0, 0.05) is 19.7 Å². The normalized spacial score (nSPS) is 20.9. The fraction of sp³-hybridized carbons (Fsp3) is 0.833. The number of amides is 1. The summed E-state index contributed by atoms with van der Waals surface area (Å²) in [6, 6.07) is -0.404. The van der Waals surface area contributed by atoms with Crippen LogP contribution in [0.2, 0.25) is 0 Å². The van der Waals surface area contributed by atoms with Crippen LogP contribution in [0, 0.1) is 0 Å². The molecule has 0 saturated carbocycles. The van der Waals surface area contributed by atoms with Crippen LogP contribution in [0.3, 0.4) is 0 Å². The Bertz CT molecular complexity index is 290. The lowest BCUT2D eigenvalue weighted by atomic mass is 10.2. The minimum absolute atomic E-state index is 0.129. The number of esters is 1. The third-order valence-corrected chi connectivity index (χ3v) is 3.25. The van der Waals surface area contributed by atoms with Crippen molar-refractivity contribution in [2.24, 2.45) is 5.73 Å². The van der Waals surface area contributed by atoms with Crippen LogP contribution in [0.5, 0.6) is 0 Å². The molecule has 1 rings (SSSR count). The molecule has 2 unspecified atom stereocenters. The number of nitrogens with zero attached hydrogens (tertiary/aromatic N) is 1. The molecular weight excluding hydrogens is 236 g/mol. The third-order valence-electron chi connectivity index (χ3n) is 3.25. The lowest BCUT2D eigenvalue weighted by Crippen LogP contribution is -2.46. The first-order valence-corrected chi connectivity index (χ1v) is 6.26. The van der Waals surface area contributed by atoms with Gasteiger partial charge in [0.1, 0.15) is 0 Å². The summed E-state index contributed by atoms with van der Waals surface area (Å²) < 4.78 is 10.1. The number of carbonyl (C=O) groups is 2. The smallest absolute Gasteiger partial charge is 0.306 e. The van der Waals surface area contributed by atoms with Gasteiger partial charge in [0.2, 0.25) is 5.91 Å². The van der Waals surface area contributed by atoms with Crippen molar-refractivity contribution in [1.29, 1.82) is 0 Å². The molecule has 1 aliphatic heterocycles. The van der Waals surface area contributed by atoms with Crippen LogP contribution in [-0.2, 0) is 19.1 Å². The second-order valence-electron chi connectivity index (χ2n) is 4.53. The van der Waals surface area contributed by atoms with Gasteiger partial charge < -0.3 is 15.2 Å². The van der Waals surface area contributed by atoms with Crippen LogP contribution in [0.4, 0.5) is 0 Å². The van der Waals surface area contributed by atoms with Crippen LogP contribution in [-0.4, -0.2) is 55.7 Å². The van der Waals surface area contributed by atoms with Gasteiger partial charge in [-0.3, -0.25) is 14.5 Å². The van der Waals surface area contributed by atoms with Crippen LogP contribution in [0.1, 0.15) is 26.2 Å². The number of rotatable bonds is 7. The summed E-state index contributed by atoms with van der Waals surface area (Å²) >= 11 is 0. The highest BCUT2D eigenvalue weighted by atomic mass is 16.5. The monoisotopic (exact) mass is 258 g/mol. The van der Waals surface area contributed by atoms with Crippen molar-refractivity contribution in [2.45, 2.75) is 38.3 Å². The SMILES string of the molecule is COC(=O)CCN(CC1CCCO1)C(C)C(N)=O. The molecule has 6 heteroatoms. The van der Waals surface area contributed by atoms with E-state index in [9.17, 15) is 9.59 Å². The zero-order valence-electron chi connectivity index (χ0n) is 11.1. The molecule has 104 valence electrons. The number of methoxy groups -OCH3 is 1. The largest absolute Gasteiger partial charge is 0.469 e. The Morgan fingerprint density at radius 1 is 1.56 bits per heavy atom. The molecule has 0 radical (unpaired) electrons. The number of nitrogens with two attached hydrogens (primary N) is 1. The van der Waals surface area contributed by atoms with Gasteiger partial charge in [-0.2, -0.15) is 0 Å². The number of ether oxygens (including phenoxy) is 2. The van der Waals surface area contributed by atoms with Crippen LogP contribution in [0.25, 0.3) is 0 Å². The van der Waals surface area contributed by atoms with Crippen LogP contribution in [0.15, 0.2) is 0 Å². The number of hydrogen-bond acceptors (Lipinski definition) is 5. The number of hydrogen-bond donors (Lipinski definition) is 1. The summed E-state index contributed by atoms with van der Waals surface area (Å²) in [6.07, 6.45) is 2.41. The lowest BCUT2D eigenvalue weighted by Gasteiger charge is -2.28. The molecule has 2 atom stereocenters. The Balaban J connectivity index is 2.50. The molecule has 1 fully saturated rings. The van der Waals surface area contributed by atoms with Gasteiger partial charge >= 0.3 is 5.97 Å². The number of primary amides is 1. The second kappa shape index (κ2) is 7.33. The van der Waals surface area contributed by atoms with Crippen molar-refractivity contribution in [2.75, 3.05) is 26.8 Å². The van der Waals surface area contributed by atoms with Crippen LogP contribution >= 0.6 is 0 Å². The van der Waals surface area contributed by atoms with Gasteiger partial charge in [-0.25, -0.2) is 0 Å². The van der Waals surface area contributed by atoms with Crippen LogP contribution < -0.4 is 5.73 Å². The molecular formula is C12H22N2O4. The van der Waals surface area contributed by atoms with E-state index in [-0.39, 0.29) is 18.5 Å². The van der Waals surface area contributed by atoms with Gasteiger partial charge in [0.25, 0.3) is 0 Å². The second-order valence-corrected chi connectivity index (χ2v) is 4.53. The quantitative estimate of drug-likeness (QED) is 0.645. The molecule has 0 bridgehead atoms. The molecule has 0 aromatic rings. The van der Waals surface area contributed by atoms with Gasteiger partial charge in [0.15, 0.2) is 0 Å². The Morgan fingerprint density at radius 2 is 2.28 bits per heavy atom. The molecule has 6 nitrogen and oxygen atoms in total. The van der Waals surface area contributed by atoms with Crippen molar-refractivity contribution in [3.63, 3.8) is 0 Å². The summed E-state index contributed by atoms with van der Waals surface area (Å²) in [5.74, 6) is -0.679. The Labute approximate surface area is 107 Å². The van der Waals surface area contributed by atoms with Gasteiger partial charge in [-0.05, 0) is 19.8 Å².